The number of hydrogen-bond acceptors (Lipinski definition) is 4. The number of nitrogens with one attached hydrogen (secondary N) is 1. The van der Waals surface area contributed by atoms with Crippen LogP contribution >= 0.6 is 11.6 Å². The van der Waals surface area contributed by atoms with Crippen molar-refractivity contribution >= 4 is 23.0 Å². The zero-order valence-corrected chi connectivity index (χ0v) is 17.4. The van der Waals surface area contributed by atoms with E-state index < -0.39 is 0 Å². The third-order valence-electron chi connectivity index (χ3n) is 5.51. The summed E-state index contributed by atoms with van der Waals surface area (Å²) in [6, 6.07) is 17.6. The number of fused-ring (bicyclic) bond motifs is 3. The van der Waals surface area contributed by atoms with Crippen LogP contribution in [0.3, 0.4) is 0 Å². The van der Waals surface area contributed by atoms with Crippen molar-refractivity contribution in [3.63, 3.8) is 0 Å². The number of anilines is 2. The summed E-state index contributed by atoms with van der Waals surface area (Å²) >= 11 is 6.14. The summed E-state index contributed by atoms with van der Waals surface area (Å²) < 4.78 is 2.13. The Morgan fingerprint density at radius 1 is 1.00 bits per heavy atom. The molecule has 0 radical (unpaired) electrons. The minimum absolute atomic E-state index is 0.116. The van der Waals surface area contributed by atoms with Crippen LogP contribution in [-0.4, -0.2) is 26.3 Å². The first-order valence-electron chi connectivity index (χ1n) is 9.80. The average molecular weight is 418 g/mol. The predicted octanol–water partition coefficient (Wildman–Crippen LogP) is 4.84. The molecule has 2 aromatic heterocycles. The normalized spacial score (nSPS) is 15.4. The number of benzene rings is 2. The fourth-order valence-electron chi connectivity index (χ4n) is 4.01. The van der Waals surface area contributed by atoms with Crippen LogP contribution in [0.4, 0.5) is 11.4 Å². The standard InChI is InChI=1S/C23H20ClN5O/c1-14-13-28(19-7-5-18(24)6-8-19)21-11-16(17-4-10-22(30)25-12-17)3-9-20(21)29-15(2)26-27-23(14)29/h3-12,14H,13H2,1-2H3,(H,25,30)/t14-/m1/s1. The van der Waals surface area contributed by atoms with E-state index in [1.165, 1.54) is 0 Å². The second-order valence-electron chi connectivity index (χ2n) is 7.57. The highest BCUT2D eigenvalue weighted by molar-refractivity contribution is 6.30. The molecule has 30 heavy (non-hydrogen) atoms. The van der Waals surface area contributed by atoms with Crippen LogP contribution in [0.15, 0.2) is 65.6 Å². The van der Waals surface area contributed by atoms with Crippen molar-refractivity contribution in [2.45, 2.75) is 19.8 Å². The molecule has 0 saturated heterocycles. The van der Waals surface area contributed by atoms with Crippen molar-refractivity contribution in [3.8, 4) is 16.8 Å². The average Bonchev–Trinajstić information content (AvgIpc) is 3.08. The fraction of sp³-hybridized carbons (Fsp3) is 0.174. The predicted molar refractivity (Wildman–Crippen MR) is 119 cm³/mol. The van der Waals surface area contributed by atoms with Gasteiger partial charge in [-0.3, -0.25) is 9.36 Å². The fourth-order valence-corrected chi connectivity index (χ4v) is 4.14. The van der Waals surface area contributed by atoms with E-state index >= 15 is 0 Å². The molecular weight excluding hydrogens is 398 g/mol. The number of hydrogen-bond donors (Lipinski definition) is 1. The summed E-state index contributed by atoms with van der Waals surface area (Å²) in [5.74, 6) is 1.97. The quantitative estimate of drug-likeness (QED) is 0.506. The van der Waals surface area contributed by atoms with Gasteiger partial charge in [0.15, 0.2) is 0 Å². The van der Waals surface area contributed by atoms with Crippen LogP contribution in [0.2, 0.25) is 5.02 Å². The Labute approximate surface area is 178 Å². The van der Waals surface area contributed by atoms with E-state index in [-0.39, 0.29) is 11.5 Å². The van der Waals surface area contributed by atoms with Gasteiger partial charge < -0.3 is 9.88 Å². The number of aromatic nitrogens is 4. The van der Waals surface area contributed by atoms with Gasteiger partial charge in [-0.1, -0.05) is 24.6 Å². The van der Waals surface area contributed by atoms with E-state index in [0.29, 0.717) is 5.02 Å². The molecule has 1 aliphatic heterocycles. The molecule has 0 unspecified atom stereocenters. The molecule has 1 N–H and O–H groups in total. The summed E-state index contributed by atoms with van der Waals surface area (Å²) in [6.07, 6.45) is 1.74. The lowest BCUT2D eigenvalue weighted by Gasteiger charge is -2.27. The SMILES string of the molecule is Cc1nnc2n1-c1ccc(-c3ccc(=O)[nH]c3)cc1N(c1ccc(Cl)cc1)C[C@H]2C. The van der Waals surface area contributed by atoms with E-state index in [1.54, 1.807) is 12.3 Å². The van der Waals surface area contributed by atoms with Crippen molar-refractivity contribution < 1.29 is 0 Å². The Morgan fingerprint density at radius 3 is 2.50 bits per heavy atom. The molecule has 6 nitrogen and oxygen atoms in total. The second-order valence-corrected chi connectivity index (χ2v) is 8.01. The van der Waals surface area contributed by atoms with Gasteiger partial charge in [0.1, 0.15) is 11.6 Å². The molecule has 0 spiro atoms. The van der Waals surface area contributed by atoms with Gasteiger partial charge >= 0.3 is 0 Å². The first kappa shape index (κ1) is 18.6. The number of H-pyrrole nitrogens is 1. The lowest BCUT2D eigenvalue weighted by Crippen LogP contribution is -2.22. The maximum atomic E-state index is 11.5. The van der Waals surface area contributed by atoms with Crippen LogP contribution in [0.1, 0.15) is 24.5 Å². The largest absolute Gasteiger partial charge is 0.339 e. The smallest absolute Gasteiger partial charge is 0.247 e. The zero-order valence-electron chi connectivity index (χ0n) is 16.6. The highest BCUT2D eigenvalue weighted by Gasteiger charge is 2.28. The Morgan fingerprint density at radius 2 is 1.77 bits per heavy atom. The van der Waals surface area contributed by atoms with Crippen LogP contribution in [0.25, 0.3) is 16.8 Å². The molecular formula is C23H20ClN5O. The van der Waals surface area contributed by atoms with Crippen molar-refractivity contribution in [1.29, 1.82) is 0 Å². The molecule has 0 aliphatic carbocycles. The minimum Gasteiger partial charge on any atom is -0.339 e. The zero-order chi connectivity index (χ0) is 20.8. The first-order chi connectivity index (χ1) is 14.5. The van der Waals surface area contributed by atoms with Gasteiger partial charge in [-0.2, -0.15) is 0 Å². The van der Waals surface area contributed by atoms with Gasteiger partial charge in [0, 0.05) is 35.4 Å². The van der Waals surface area contributed by atoms with Crippen LogP contribution in [-0.2, 0) is 0 Å². The number of halogens is 1. The monoisotopic (exact) mass is 417 g/mol. The lowest BCUT2D eigenvalue weighted by molar-refractivity contribution is 0.696. The van der Waals surface area contributed by atoms with Crippen LogP contribution in [0, 0.1) is 6.92 Å². The molecule has 3 heterocycles. The second kappa shape index (κ2) is 7.15. The number of rotatable bonds is 2. The Bertz CT molecular complexity index is 1270. The van der Waals surface area contributed by atoms with Crippen molar-refractivity contribution in [1.82, 2.24) is 19.7 Å². The van der Waals surface area contributed by atoms with Crippen molar-refractivity contribution in [2.24, 2.45) is 0 Å². The lowest BCUT2D eigenvalue weighted by atomic mass is 10.0. The van der Waals surface area contributed by atoms with E-state index in [4.69, 9.17) is 11.6 Å². The van der Waals surface area contributed by atoms with Crippen LogP contribution in [0.5, 0.6) is 0 Å². The number of nitrogens with zero attached hydrogens (tertiary/aromatic N) is 4. The maximum absolute atomic E-state index is 11.5. The first-order valence-corrected chi connectivity index (χ1v) is 10.2. The molecule has 1 atom stereocenters. The molecule has 150 valence electrons. The van der Waals surface area contributed by atoms with Gasteiger partial charge in [-0.05, 0) is 60.5 Å². The van der Waals surface area contributed by atoms with Crippen molar-refractivity contribution in [2.75, 3.05) is 11.4 Å². The molecule has 7 heteroatoms. The van der Waals surface area contributed by atoms with E-state index in [9.17, 15) is 4.79 Å². The summed E-state index contributed by atoms with van der Waals surface area (Å²) in [4.78, 5) is 16.5. The highest BCUT2D eigenvalue weighted by Crippen LogP contribution is 2.40. The van der Waals surface area contributed by atoms with Gasteiger partial charge in [-0.15, -0.1) is 10.2 Å². The van der Waals surface area contributed by atoms with Gasteiger partial charge in [0.25, 0.3) is 0 Å². The topological polar surface area (TPSA) is 66.8 Å². The summed E-state index contributed by atoms with van der Waals surface area (Å²) in [6.45, 7) is 4.89. The Balaban J connectivity index is 1.74. The molecule has 4 aromatic rings. The van der Waals surface area contributed by atoms with E-state index in [1.807, 2.05) is 37.3 Å². The maximum Gasteiger partial charge on any atom is 0.247 e. The minimum atomic E-state index is -0.116. The summed E-state index contributed by atoms with van der Waals surface area (Å²) in [7, 11) is 0. The third-order valence-corrected chi connectivity index (χ3v) is 5.76. The van der Waals surface area contributed by atoms with Gasteiger partial charge in [0.05, 0.1) is 11.4 Å². The number of aryl methyl sites for hydroxylation is 1. The molecule has 5 rings (SSSR count). The summed E-state index contributed by atoms with van der Waals surface area (Å²) in [5, 5.41) is 9.49. The van der Waals surface area contributed by atoms with E-state index in [0.717, 1.165) is 46.4 Å². The molecule has 1 aliphatic rings. The number of pyridine rings is 1. The highest BCUT2D eigenvalue weighted by atomic mass is 35.5. The Kier molecular flexibility index (Phi) is 4.44. The molecule has 0 amide bonds. The molecule has 2 aromatic carbocycles. The van der Waals surface area contributed by atoms with Crippen molar-refractivity contribution in [3.05, 3.63) is 87.8 Å². The summed E-state index contributed by atoms with van der Waals surface area (Å²) in [5.41, 5.74) is 4.99. The Hall–Kier alpha value is -3.38. The number of aromatic amines is 1. The van der Waals surface area contributed by atoms with Gasteiger partial charge in [0.2, 0.25) is 5.56 Å². The van der Waals surface area contributed by atoms with E-state index in [2.05, 4.69) is 49.8 Å². The molecule has 0 saturated carbocycles. The molecule has 0 fully saturated rings. The van der Waals surface area contributed by atoms with Gasteiger partial charge in [-0.25, -0.2) is 0 Å². The van der Waals surface area contributed by atoms with Crippen LogP contribution < -0.4 is 10.5 Å². The third kappa shape index (κ3) is 3.09. The molecule has 0 bridgehead atoms.